The highest BCUT2D eigenvalue weighted by Gasteiger charge is 2.21. The Hall–Kier alpha value is -2.84. The van der Waals surface area contributed by atoms with Gasteiger partial charge in [-0.3, -0.25) is 4.98 Å². The van der Waals surface area contributed by atoms with Gasteiger partial charge in [0.15, 0.2) is 0 Å². The zero-order chi connectivity index (χ0) is 23.4. The standard InChI is InChI=1S/C29H29B2NS/c1-28(2,30)20-14-19(15-21(17-20)29(3,4)31)18-12-13-32-25(16-18)24-10-7-9-23-22-8-5-6-11-26(22)33-27(23)24/h5-17H,30-31H2,1-4H3. The van der Waals surface area contributed by atoms with Gasteiger partial charge in [-0.05, 0) is 51.1 Å². The van der Waals surface area contributed by atoms with Crippen molar-refractivity contribution in [2.45, 2.75) is 38.3 Å². The SMILES string of the molecule is BC(C)(C)c1cc(-c2ccnc(-c3cccc4c3sc3ccccc34)c2)cc(C(B)(C)C)c1. The van der Waals surface area contributed by atoms with Gasteiger partial charge < -0.3 is 0 Å². The molecule has 33 heavy (non-hydrogen) atoms. The Balaban J connectivity index is 1.69. The van der Waals surface area contributed by atoms with Crippen LogP contribution in [0.3, 0.4) is 0 Å². The Morgan fingerprint density at radius 1 is 0.697 bits per heavy atom. The molecule has 0 aliphatic heterocycles. The van der Waals surface area contributed by atoms with Crippen molar-refractivity contribution in [2.24, 2.45) is 0 Å². The van der Waals surface area contributed by atoms with E-state index in [0.717, 1.165) is 5.69 Å². The molecule has 0 amide bonds. The van der Waals surface area contributed by atoms with Crippen molar-refractivity contribution in [2.75, 3.05) is 0 Å². The molecule has 1 nitrogen and oxygen atoms in total. The Morgan fingerprint density at radius 2 is 1.36 bits per heavy atom. The lowest BCUT2D eigenvalue weighted by Gasteiger charge is -2.26. The van der Waals surface area contributed by atoms with Crippen molar-refractivity contribution in [1.82, 2.24) is 4.98 Å². The van der Waals surface area contributed by atoms with Gasteiger partial charge in [0.2, 0.25) is 0 Å². The second kappa shape index (κ2) is 7.88. The third-order valence-electron chi connectivity index (χ3n) is 6.44. The first kappa shape index (κ1) is 22.0. The summed E-state index contributed by atoms with van der Waals surface area (Å²) in [6, 6.07) is 26.7. The van der Waals surface area contributed by atoms with Crippen molar-refractivity contribution in [1.29, 1.82) is 0 Å². The topological polar surface area (TPSA) is 12.9 Å². The maximum atomic E-state index is 4.80. The van der Waals surface area contributed by atoms with Crippen LogP contribution >= 0.6 is 11.3 Å². The molecular weight excluding hydrogens is 416 g/mol. The Bertz CT molecular complexity index is 1450. The van der Waals surface area contributed by atoms with Gasteiger partial charge in [0.1, 0.15) is 15.7 Å². The second-order valence-corrected chi connectivity index (χ2v) is 12.1. The Morgan fingerprint density at radius 3 is 2.06 bits per heavy atom. The predicted molar refractivity (Wildman–Crippen MR) is 151 cm³/mol. The number of rotatable bonds is 4. The van der Waals surface area contributed by atoms with Crippen LogP contribution in [0, 0.1) is 0 Å². The van der Waals surface area contributed by atoms with Crippen LogP contribution in [0.15, 0.2) is 79.0 Å². The fraction of sp³-hybridized carbons (Fsp3) is 0.207. The number of hydrogen-bond donors (Lipinski definition) is 0. The van der Waals surface area contributed by atoms with Crippen LogP contribution in [0.1, 0.15) is 38.8 Å². The fourth-order valence-electron chi connectivity index (χ4n) is 4.37. The van der Waals surface area contributed by atoms with E-state index in [1.165, 1.54) is 48.0 Å². The molecule has 0 aliphatic rings. The van der Waals surface area contributed by atoms with E-state index >= 15 is 0 Å². The molecule has 5 rings (SSSR count). The minimum absolute atomic E-state index is 0.0918. The molecule has 2 aromatic heterocycles. The summed E-state index contributed by atoms with van der Waals surface area (Å²) in [5.41, 5.74) is 7.46. The van der Waals surface area contributed by atoms with E-state index in [0.29, 0.717) is 0 Å². The highest BCUT2D eigenvalue weighted by molar-refractivity contribution is 7.26. The van der Waals surface area contributed by atoms with Crippen molar-refractivity contribution >= 4 is 47.2 Å². The van der Waals surface area contributed by atoms with E-state index < -0.39 is 0 Å². The van der Waals surface area contributed by atoms with E-state index in [1.54, 1.807) is 0 Å². The van der Waals surface area contributed by atoms with Crippen molar-refractivity contribution < 1.29 is 0 Å². The molecule has 0 radical (unpaired) electrons. The number of fused-ring (bicyclic) bond motifs is 3. The predicted octanol–water partition coefficient (Wildman–Crippen LogP) is 6.52. The summed E-state index contributed by atoms with van der Waals surface area (Å²) >= 11 is 1.86. The molecule has 5 aromatic rings. The second-order valence-electron chi connectivity index (χ2n) is 11.0. The quantitative estimate of drug-likeness (QED) is 0.287. The van der Waals surface area contributed by atoms with Gasteiger partial charge in [-0.2, -0.15) is 0 Å². The van der Waals surface area contributed by atoms with Gasteiger partial charge in [-0.25, -0.2) is 0 Å². The molecule has 0 spiro atoms. The summed E-state index contributed by atoms with van der Waals surface area (Å²) in [4.78, 5) is 4.80. The van der Waals surface area contributed by atoms with Crippen LogP contribution in [-0.2, 0) is 10.6 Å². The third-order valence-corrected chi connectivity index (χ3v) is 7.66. The molecule has 0 atom stereocenters. The highest BCUT2D eigenvalue weighted by Crippen LogP contribution is 2.40. The van der Waals surface area contributed by atoms with Crippen LogP contribution in [0.4, 0.5) is 0 Å². The monoisotopic (exact) mass is 445 g/mol. The van der Waals surface area contributed by atoms with E-state index in [9.17, 15) is 0 Å². The van der Waals surface area contributed by atoms with Crippen molar-refractivity contribution in [3.63, 3.8) is 0 Å². The van der Waals surface area contributed by atoms with Crippen molar-refractivity contribution in [3.8, 4) is 22.4 Å². The third kappa shape index (κ3) is 4.13. The zero-order valence-corrected chi connectivity index (χ0v) is 21.2. The van der Waals surface area contributed by atoms with Gasteiger partial charge in [-0.1, -0.05) is 82.3 Å². The number of thiophene rings is 1. The van der Waals surface area contributed by atoms with Crippen LogP contribution in [0.25, 0.3) is 42.6 Å². The smallest absolute Gasteiger partial charge is 0.114 e. The molecule has 2 heterocycles. The van der Waals surface area contributed by atoms with Crippen LogP contribution in [-0.4, -0.2) is 20.7 Å². The van der Waals surface area contributed by atoms with E-state index in [1.807, 2.05) is 17.5 Å². The molecule has 0 unspecified atom stereocenters. The van der Waals surface area contributed by atoms with Crippen LogP contribution < -0.4 is 0 Å². The Kier molecular flexibility index (Phi) is 5.25. The molecule has 0 bridgehead atoms. The molecule has 162 valence electrons. The number of pyridine rings is 1. The maximum absolute atomic E-state index is 4.80. The first-order chi connectivity index (χ1) is 15.6. The number of hydrogen-bond acceptors (Lipinski definition) is 2. The molecule has 0 saturated heterocycles. The summed E-state index contributed by atoms with van der Waals surface area (Å²) in [6.07, 6.45) is 1.96. The highest BCUT2D eigenvalue weighted by atomic mass is 32.1. The first-order valence-corrected chi connectivity index (χ1v) is 12.5. The summed E-state index contributed by atoms with van der Waals surface area (Å²) in [5.74, 6) is 0. The van der Waals surface area contributed by atoms with Crippen LogP contribution in [0.2, 0.25) is 0 Å². The molecule has 0 saturated carbocycles. The van der Waals surface area contributed by atoms with E-state index in [4.69, 9.17) is 4.98 Å². The minimum atomic E-state index is 0.0918. The van der Waals surface area contributed by atoms with Gasteiger partial charge in [-0.15, -0.1) is 11.3 Å². The lowest BCUT2D eigenvalue weighted by atomic mass is 9.63. The van der Waals surface area contributed by atoms with Gasteiger partial charge in [0.05, 0.1) is 5.69 Å². The number of nitrogens with zero attached hydrogens (tertiary/aromatic N) is 1. The normalized spacial score (nSPS) is 12.5. The largest absolute Gasteiger partial charge is 0.256 e. The Labute approximate surface area is 202 Å². The summed E-state index contributed by atoms with van der Waals surface area (Å²) in [6.45, 7) is 9.16. The lowest BCUT2D eigenvalue weighted by molar-refractivity contribution is 0.735. The summed E-state index contributed by atoms with van der Waals surface area (Å²) in [7, 11) is 4.58. The first-order valence-electron chi connectivity index (χ1n) is 11.6. The molecule has 0 aliphatic carbocycles. The fourth-order valence-corrected chi connectivity index (χ4v) is 5.59. The molecule has 0 N–H and O–H groups in total. The molecular formula is C29H29B2NS. The average molecular weight is 445 g/mol. The minimum Gasteiger partial charge on any atom is -0.256 e. The summed E-state index contributed by atoms with van der Waals surface area (Å²) in [5, 5.41) is 2.82. The summed E-state index contributed by atoms with van der Waals surface area (Å²) < 4.78 is 2.63. The maximum Gasteiger partial charge on any atom is 0.114 e. The average Bonchev–Trinajstić information content (AvgIpc) is 3.16. The van der Waals surface area contributed by atoms with Gasteiger partial charge in [0, 0.05) is 31.9 Å². The van der Waals surface area contributed by atoms with Gasteiger partial charge in [0.25, 0.3) is 0 Å². The number of benzene rings is 3. The van der Waals surface area contributed by atoms with E-state index in [-0.39, 0.29) is 10.6 Å². The molecule has 0 fully saturated rings. The van der Waals surface area contributed by atoms with Crippen LogP contribution in [0.5, 0.6) is 0 Å². The lowest BCUT2D eigenvalue weighted by Crippen LogP contribution is -2.21. The van der Waals surface area contributed by atoms with E-state index in [2.05, 4.69) is 116 Å². The number of aromatic nitrogens is 1. The van der Waals surface area contributed by atoms with Gasteiger partial charge >= 0.3 is 0 Å². The van der Waals surface area contributed by atoms with Crippen molar-refractivity contribution in [3.05, 3.63) is 90.1 Å². The zero-order valence-electron chi connectivity index (χ0n) is 20.4. The molecule has 4 heteroatoms. The molecule has 3 aromatic carbocycles.